The maximum Gasteiger partial charge on any atom is 0.234 e. The highest BCUT2D eigenvalue weighted by Crippen LogP contribution is 2.21. The minimum absolute atomic E-state index is 0.125. The molecule has 4 nitrogen and oxygen atoms in total. The fourth-order valence-electron chi connectivity index (χ4n) is 2.45. The Morgan fingerprint density at radius 2 is 2.33 bits per heavy atom. The zero-order valence-electron chi connectivity index (χ0n) is 10.9. The second-order valence-corrected chi connectivity index (χ2v) is 5.65. The van der Waals surface area contributed by atoms with Crippen molar-refractivity contribution in [3.05, 3.63) is 16.6 Å². The molecule has 0 aliphatic heterocycles. The lowest BCUT2D eigenvalue weighted by Gasteiger charge is -2.23. The van der Waals surface area contributed by atoms with Gasteiger partial charge in [0.1, 0.15) is 0 Å². The lowest BCUT2D eigenvalue weighted by Crippen LogP contribution is -2.40. The molecule has 1 aliphatic carbocycles. The summed E-state index contributed by atoms with van der Waals surface area (Å²) in [5.74, 6) is 0.125. The molecule has 0 atom stereocenters. The molecule has 0 bridgehead atoms. The molecule has 1 aromatic heterocycles. The van der Waals surface area contributed by atoms with E-state index in [-0.39, 0.29) is 5.91 Å². The van der Waals surface area contributed by atoms with Crippen molar-refractivity contribution in [3.63, 3.8) is 0 Å². The Hall–Kier alpha value is -0.940. The van der Waals surface area contributed by atoms with E-state index in [0.29, 0.717) is 19.1 Å². The molecule has 0 spiro atoms. The van der Waals surface area contributed by atoms with Crippen molar-refractivity contribution in [1.29, 1.82) is 0 Å². The van der Waals surface area contributed by atoms with Gasteiger partial charge in [0.05, 0.1) is 17.7 Å². The van der Waals surface area contributed by atoms with Gasteiger partial charge in [-0.15, -0.1) is 11.3 Å². The number of likely N-dealkylation sites (N-methyl/N-ethyl adjacent to an activating group) is 1. The van der Waals surface area contributed by atoms with Crippen LogP contribution in [0.2, 0.25) is 0 Å². The van der Waals surface area contributed by atoms with Crippen molar-refractivity contribution < 1.29 is 4.79 Å². The highest BCUT2D eigenvalue weighted by Gasteiger charge is 2.20. The van der Waals surface area contributed by atoms with Gasteiger partial charge in [0, 0.05) is 24.4 Å². The lowest BCUT2D eigenvalue weighted by atomic mass is 10.2. The Labute approximate surface area is 112 Å². The van der Waals surface area contributed by atoms with E-state index in [2.05, 4.69) is 22.2 Å². The zero-order chi connectivity index (χ0) is 12.8. The summed E-state index contributed by atoms with van der Waals surface area (Å²) in [5.41, 5.74) is 2.88. The summed E-state index contributed by atoms with van der Waals surface area (Å²) in [6.07, 6.45) is 5.91. The number of thiazole rings is 1. The smallest absolute Gasteiger partial charge is 0.234 e. The highest BCUT2D eigenvalue weighted by atomic mass is 32.1. The van der Waals surface area contributed by atoms with Gasteiger partial charge in [-0.1, -0.05) is 12.8 Å². The van der Waals surface area contributed by atoms with Gasteiger partial charge < -0.3 is 5.32 Å². The third-order valence-electron chi connectivity index (χ3n) is 3.53. The predicted octanol–water partition coefficient (Wildman–Crippen LogP) is 1.68. The number of nitrogens with zero attached hydrogens (tertiary/aromatic N) is 2. The number of carbonyl (C=O) groups excluding carboxylic acids is 1. The summed E-state index contributed by atoms with van der Waals surface area (Å²) in [4.78, 5) is 18.1. The van der Waals surface area contributed by atoms with Gasteiger partial charge >= 0.3 is 0 Å². The van der Waals surface area contributed by atoms with E-state index in [1.54, 1.807) is 11.3 Å². The van der Waals surface area contributed by atoms with Gasteiger partial charge in [-0.2, -0.15) is 0 Å². The summed E-state index contributed by atoms with van der Waals surface area (Å²) in [5, 5.41) is 4.98. The summed E-state index contributed by atoms with van der Waals surface area (Å²) in [7, 11) is 2.05. The maximum absolute atomic E-state index is 11.8. The number of hydrogen-bond acceptors (Lipinski definition) is 4. The van der Waals surface area contributed by atoms with E-state index in [1.807, 2.05) is 10.9 Å². The van der Waals surface area contributed by atoms with Crippen LogP contribution >= 0.6 is 11.3 Å². The lowest BCUT2D eigenvalue weighted by molar-refractivity contribution is -0.122. The fraction of sp³-hybridized carbons (Fsp3) is 0.692. The summed E-state index contributed by atoms with van der Waals surface area (Å²) < 4.78 is 0. The van der Waals surface area contributed by atoms with Crippen molar-refractivity contribution in [1.82, 2.24) is 15.2 Å². The first-order valence-corrected chi connectivity index (χ1v) is 7.54. The normalized spacial score (nSPS) is 16.3. The van der Waals surface area contributed by atoms with Gasteiger partial charge in [-0.3, -0.25) is 9.69 Å². The molecule has 100 valence electrons. The van der Waals surface area contributed by atoms with Crippen molar-refractivity contribution in [3.8, 4) is 0 Å². The molecule has 1 heterocycles. The van der Waals surface area contributed by atoms with E-state index in [0.717, 1.165) is 12.1 Å². The SMILES string of the molecule is CN(CC(=O)NCCc1cscn1)C1CCCC1. The minimum Gasteiger partial charge on any atom is -0.355 e. The Balaban J connectivity index is 1.62. The fourth-order valence-corrected chi connectivity index (χ4v) is 3.04. The number of carbonyl (C=O) groups is 1. The molecule has 0 unspecified atom stereocenters. The Kier molecular flexibility index (Phi) is 5.13. The number of hydrogen-bond donors (Lipinski definition) is 1. The van der Waals surface area contributed by atoms with E-state index in [1.165, 1.54) is 25.7 Å². The first kappa shape index (κ1) is 13.5. The highest BCUT2D eigenvalue weighted by molar-refractivity contribution is 7.07. The molecule has 18 heavy (non-hydrogen) atoms. The van der Waals surface area contributed by atoms with Crippen LogP contribution < -0.4 is 5.32 Å². The van der Waals surface area contributed by atoms with E-state index >= 15 is 0 Å². The molecule has 0 saturated heterocycles. The summed E-state index contributed by atoms with van der Waals surface area (Å²) >= 11 is 1.59. The van der Waals surface area contributed by atoms with Gasteiger partial charge in [0.15, 0.2) is 0 Å². The topological polar surface area (TPSA) is 45.2 Å². The van der Waals surface area contributed by atoms with Gasteiger partial charge in [-0.05, 0) is 19.9 Å². The monoisotopic (exact) mass is 267 g/mol. The number of aromatic nitrogens is 1. The van der Waals surface area contributed by atoms with Gasteiger partial charge in [0.2, 0.25) is 5.91 Å². The third-order valence-corrected chi connectivity index (χ3v) is 4.16. The van der Waals surface area contributed by atoms with Crippen LogP contribution in [-0.2, 0) is 11.2 Å². The van der Waals surface area contributed by atoms with Crippen LogP contribution in [0.15, 0.2) is 10.9 Å². The molecule has 1 aliphatic rings. The molecular formula is C13H21N3OS. The number of rotatable bonds is 6. The second kappa shape index (κ2) is 6.85. The quantitative estimate of drug-likeness (QED) is 0.853. The van der Waals surface area contributed by atoms with Crippen molar-refractivity contribution in [2.45, 2.75) is 38.1 Å². The van der Waals surface area contributed by atoms with Gasteiger partial charge in [0.25, 0.3) is 0 Å². The molecule has 1 saturated carbocycles. The average molecular weight is 267 g/mol. The molecule has 2 rings (SSSR count). The Morgan fingerprint density at radius 1 is 1.56 bits per heavy atom. The number of nitrogens with one attached hydrogen (secondary N) is 1. The van der Waals surface area contributed by atoms with E-state index in [9.17, 15) is 4.79 Å². The van der Waals surface area contributed by atoms with Crippen LogP contribution in [0.3, 0.4) is 0 Å². The van der Waals surface area contributed by atoms with Crippen molar-refractivity contribution in [2.75, 3.05) is 20.1 Å². The molecular weight excluding hydrogens is 246 g/mol. The van der Waals surface area contributed by atoms with Crippen LogP contribution in [0.1, 0.15) is 31.4 Å². The summed E-state index contributed by atoms with van der Waals surface area (Å²) in [6, 6.07) is 0.606. The first-order chi connectivity index (χ1) is 8.75. The van der Waals surface area contributed by atoms with Crippen LogP contribution in [0.25, 0.3) is 0 Å². The summed E-state index contributed by atoms with van der Waals surface area (Å²) in [6.45, 7) is 1.20. The Bertz CT molecular complexity index is 360. The third kappa shape index (κ3) is 4.07. The van der Waals surface area contributed by atoms with Crippen LogP contribution in [-0.4, -0.2) is 42.0 Å². The molecule has 0 radical (unpaired) electrons. The molecule has 1 aromatic rings. The predicted molar refractivity (Wildman–Crippen MR) is 73.7 cm³/mol. The van der Waals surface area contributed by atoms with Crippen LogP contribution in [0.5, 0.6) is 0 Å². The van der Waals surface area contributed by atoms with Crippen molar-refractivity contribution in [2.24, 2.45) is 0 Å². The standard InChI is InChI=1S/C13H21N3OS/c1-16(12-4-2-3-5-12)8-13(17)14-7-6-11-9-18-10-15-11/h9-10,12H,2-8H2,1H3,(H,14,17). The largest absolute Gasteiger partial charge is 0.355 e. The van der Waals surface area contributed by atoms with Crippen LogP contribution in [0.4, 0.5) is 0 Å². The van der Waals surface area contributed by atoms with E-state index in [4.69, 9.17) is 0 Å². The molecule has 1 fully saturated rings. The molecule has 1 N–H and O–H groups in total. The first-order valence-electron chi connectivity index (χ1n) is 6.59. The second-order valence-electron chi connectivity index (χ2n) is 4.93. The molecule has 0 aromatic carbocycles. The maximum atomic E-state index is 11.8. The minimum atomic E-state index is 0.125. The van der Waals surface area contributed by atoms with Gasteiger partial charge in [-0.25, -0.2) is 4.98 Å². The number of amides is 1. The Morgan fingerprint density at radius 3 is 3.00 bits per heavy atom. The van der Waals surface area contributed by atoms with Crippen LogP contribution in [0, 0.1) is 0 Å². The average Bonchev–Trinajstić information content (AvgIpc) is 3.02. The zero-order valence-corrected chi connectivity index (χ0v) is 11.7. The molecule has 5 heteroatoms. The molecule has 1 amide bonds. The van der Waals surface area contributed by atoms with Crippen molar-refractivity contribution >= 4 is 17.2 Å². The van der Waals surface area contributed by atoms with E-state index < -0.39 is 0 Å².